The molecule has 1 N–H and O–H groups in total. The highest BCUT2D eigenvalue weighted by molar-refractivity contribution is 7.99. The summed E-state index contributed by atoms with van der Waals surface area (Å²) in [6.45, 7) is 5.61. The minimum absolute atomic E-state index is 0.159. The molecule has 28 heavy (non-hydrogen) atoms. The smallest absolute Gasteiger partial charge is 0.225 e. The molecule has 1 aromatic carbocycles. The van der Waals surface area contributed by atoms with Gasteiger partial charge in [-0.15, -0.1) is 0 Å². The van der Waals surface area contributed by atoms with Gasteiger partial charge in [-0.25, -0.2) is 9.97 Å². The topological polar surface area (TPSA) is 61.4 Å². The molecule has 2 aromatic rings. The van der Waals surface area contributed by atoms with Crippen molar-refractivity contribution in [3.63, 3.8) is 0 Å². The number of thioether (sulfide) groups is 1. The number of aromatic nitrogens is 2. The summed E-state index contributed by atoms with van der Waals surface area (Å²) in [7, 11) is 0. The number of aryl methyl sites for hydroxylation is 1. The molecule has 1 amide bonds. The molecule has 4 rings (SSSR count). The Morgan fingerprint density at radius 2 is 1.79 bits per heavy atom. The predicted octanol–water partition coefficient (Wildman–Crippen LogP) is 3.32. The van der Waals surface area contributed by atoms with Crippen LogP contribution in [0.15, 0.2) is 36.7 Å². The molecule has 7 heteroatoms. The zero-order valence-corrected chi connectivity index (χ0v) is 17.1. The lowest BCUT2D eigenvalue weighted by molar-refractivity contribution is -0.135. The number of carbonyl (C=O) groups excluding carboxylic acids is 1. The molecule has 0 radical (unpaired) electrons. The van der Waals surface area contributed by atoms with Crippen molar-refractivity contribution in [2.45, 2.75) is 19.8 Å². The van der Waals surface area contributed by atoms with Crippen LogP contribution >= 0.6 is 11.8 Å². The number of hydrogen-bond donors (Lipinski definition) is 1. The molecule has 2 aliphatic rings. The van der Waals surface area contributed by atoms with Crippen molar-refractivity contribution in [1.29, 1.82) is 0 Å². The van der Waals surface area contributed by atoms with E-state index < -0.39 is 0 Å². The third-order valence-corrected chi connectivity index (χ3v) is 6.41. The molecular weight excluding hydrogens is 370 g/mol. The van der Waals surface area contributed by atoms with E-state index in [4.69, 9.17) is 0 Å². The number of nitrogens with zero attached hydrogens (tertiary/aromatic N) is 4. The highest BCUT2D eigenvalue weighted by Gasteiger charge is 2.29. The molecule has 0 aliphatic carbocycles. The first-order valence-corrected chi connectivity index (χ1v) is 11.1. The van der Waals surface area contributed by atoms with E-state index in [9.17, 15) is 4.79 Å². The molecule has 0 bridgehead atoms. The second-order valence-electron chi connectivity index (χ2n) is 7.45. The molecule has 0 spiro atoms. The van der Waals surface area contributed by atoms with Gasteiger partial charge in [0.05, 0.1) is 0 Å². The molecule has 1 aromatic heterocycles. The highest BCUT2D eigenvalue weighted by atomic mass is 32.2. The van der Waals surface area contributed by atoms with Gasteiger partial charge in [-0.3, -0.25) is 4.79 Å². The summed E-state index contributed by atoms with van der Waals surface area (Å²) < 4.78 is 0. The Kier molecular flexibility index (Phi) is 6.00. The summed E-state index contributed by atoms with van der Waals surface area (Å²) in [6, 6.07) is 10.2. The van der Waals surface area contributed by atoms with Crippen LogP contribution in [0.2, 0.25) is 0 Å². The summed E-state index contributed by atoms with van der Waals surface area (Å²) in [5.74, 6) is 4.36. The van der Waals surface area contributed by atoms with Gasteiger partial charge < -0.3 is 15.1 Å². The van der Waals surface area contributed by atoms with Gasteiger partial charge in [0.15, 0.2) is 0 Å². The number of anilines is 3. The quantitative estimate of drug-likeness (QED) is 0.854. The van der Waals surface area contributed by atoms with Gasteiger partial charge in [0.2, 0.25) is 5.91 Å². The van der Waals surface area contributed by atoms with Gasteiger partial charge in [0.1, 0.15) is 18.0 Å². The van der Waals surface area contributed by atoms with Crippen molar-refractivity contribution in [2.75, 3.05) is 47.9 Å². The second-order valence-corrected chi connectivity index (χ2v) is 8.68. The zero-order valence-electron chi connectivity index (χ0n) is 16.3. The van der Waals surface area contributed by atoms with E-state index >= 15 is 0 Å². The number of piperidine rings is 1. The van der Waals surface area contributed by atoms with Crippen LogP contribution in [-0.2, 0) is 4.79 Å². The molecule has 3 heterocycles. The average Bonchev–Trinajstić information content (AvgIpc) is 2.76. The fourth-order valence-electron chi connectivity index (χ4n) is 3.77. The summed E-state index contributed by atoms with van der Waals surface area (Å²) in [6.07, 6.45) is 3.40. The maximum absolute atomic E-state index is 12.7. The molecule has 2 fully saturated rings. The zero-order chi connectivity index (χ0) is 19.3. The maximum Gasteiger partial charge on any atom is 0.225 e. The summed E-state index contributed by atoms with van der Waals surface area (Å²) in [5.41, 5.74) is 2.24. The molecule has 0 saturated carbocycles. The van der Waals surface area contributed by atoms with Gasteiger partial charge in [-0.1, -0.05) is 17.7 Å². The van der Waals surface area contributed by atoms with Crippen LogP contribution in [0.3, 0.4) is 0 Å². The van der Waals surface area contributed by atoms with Crippen LogP contribution in [0, 0.1) is 12.8 Å². The van der Waals surface area contributed by atoms with Crippen LogP contribution in [0.1, 0.15) is 18.4 Å². The first kappa shape index (κ1) is 19.1. The van der Waals surface area contributed by atoms with Crippen LogP contribution in [0.4, 0.5) is 17.3 Å². The van der Waals surface area contributed by atoms with Crippen molar-refractivity contribution in [3.8, 4) is 0 Å². The third-order valence-electron chi connectivity index (χ3n) is 5.47. The van der Waals surface area contributed by atoms with Crippen molar-refractivity contribution < 1.29 is 4.79 Å². The van der Waals surface area contributed by atoms with Gasteiger partial charge in [-0.2, -0.15) is 11.8 Å². The number of benzene rings is 1. The Bertz CT molecular complexity index is 799. The van der Waals surface area contributed by atoms with Gasteiger partial charge in [0.25, 0.3) is 0 Å². The van der Waals surface area contributed by atoms with Crippen molar-refractivity contribution in [3.05, 3.63) is 42.2 Å². The first-order valence-electron chi connectivity index (χ1n) is 9.96. The molecule has 2 aliphatic heterocycles. The number of rotatable bonds is 4. The molecule has 2 saturated heterocycles. The van der Waals surface area contributed by atoms with E-state index in [1.54, 1.807) is 6.33 Å². The summed E-state index contributed by atoms with van der Waals surface area (Å²) >= 11 is 1.94. The number of amides is 1. The van der Waals surface area contributed by atoms with E-state index in [2.05, 4.69) is 44.1 Å². The second kappa shape index (κ2) is 8.82. The first-order chi connectivity index (χ1) is 13.7. The van der Waals surface area contributed by atoms with Crippen molar-refractivity contribution in [2.24, 2.45) is 5.92 Å². The van der Waals surface area contributed by atoms with Crippen molar-refractivity contribution >= 4 is 35.0 Å². The fraction of sp³-hybridized carbons (Fsp3) is 0.476. The van der Waals surface area contributed by atoms with E-state index in [0.29, 0.717) is 5.91 Å². The minimum atomic E-state index is 0.159. The van der Waals surface area contributed by atoms with Crippen LogP contribution in [-0.4, -0.2) is 58.5 Å². The minimum Gasteiger partial charge on any atom is -0.356 e. The van der Waals surface area contributed by atoms with Crippen LogP contribution in [0.25, 0.3) is 0 Å². The van der Waals surface area contributed by atoms with E-state index in [-0.39, 0.29) is 5.92 Å². The number of nitrogens with one attached hydrogen (secondary N) is 1. The molecule has 0 unspecified atom stereocenters. The van der Waals surface area contributed by atoms with E-state index in [0.717, 1.165) is 67.8 Å². The fourth-order valence-corrected chi connectivity index (χ4v) is 4.67. The van der Waals surface area contributed by atoms with Gasteiger partial charge >= 0.3 is 0 Å². The maximum atomic E-state index is 12.7. The Hall–Kier alpha value is -2.28. The van der Waals surface area contributed by atoms with Gasteiger partial charge in [0, 0.05) is 55.4 Å². The lowest BCUT2D eigenvalue weighted by Crippen LogP contribution is -2.45. The average molecular weight is 398 g/mol. The standard InChI is InChI=1S/C21H27N5OS/c1-16-2-4-18(5-3-16)24-19-14-20(23-15-22-19)25-8-6-17(7-9-25)21(27)26-10-12-28-13-11-26/h2-5,14-15,17H,6-13H2,1H3,(H,22,23,24). The van der Waals surface area contributed by atoms with Crippen molar-refractivity contribution in [1.82, 2.24) is 14.9 Å². The number of hydrogen-bond acceptors (Lipinski definition) is 6. The monoisotopic (exact) mass is 397 g/mol. The molecule has 6 nitrogen and oxygen atoms in total. The Balaban J connectivity index is 1.35. The molecular formula is C21H27N5OS. The lowest BCUT2D eigenvalue weighted by Gasteiger charge is -2.36. The summed E-state index contributed by atoms with van der Waals surface area (Å²) in [4.78, 5) is 25.9. The van der Waals surface area contributed by atoms with Crippen LogP contribution < -0.4 is 10.2 Å². The normalized spacial score (nSPS) is 18.2. The lowest BCUT2D eigenvalue weighted by atomic mass is 9.95. The number of carbonyl (C=O) groups is 1. The predicted molar refractivity (Wildman–Crippen MR) is 115 cm³/mol. The summed E-state index contributed by atoms with van der Waals surface area (Å²) in [5, 5.41) is 3.34. The van der Waals surface area contributed by atoms with Crippen LogP contribution in [0.5, 0.6) is 0 Å². The third kappa shape index (κ3) is 4.58. The Morgan fingerprint density at radius 3 is 2.50 bits per heavy atom. The Morgan fingerprint density at radius 1 is 1.07 bits per heavy atom. The van der Waals surface area contributed by atoms with Gasteiger partial charge in [-0.05, 0) is 31.9 Å². The molecule has 148 valence electrons. The molecule has 0 atom stereocenters. The van der Waals surface area contributed by atoms with E-state index in [1.165, 1.54) is 5.56 Å². The Labute approximate surface area is 170 Å². The SMILES string of the molecule is Cc1ccc(Nc2cc(N3CCC(C(=O)N4CCSCC4)CC3)ncn2)cc1. The largest absolute Gasteiger partial charge is 0.356 e. The highest BCUT2D eigenvalue weighted by Crippen LogP contribution is 2.26. The van der Waals surface area contributed by atoms with E-state index in [1.807, 2.05) is 30.0 Å².